The van der Waals surface area contributed by atoms with E-state index in [1.54, 1.807) is 24.3 Å². The number of carbonyl (C=O) groups excluding carboxylic acids is 2. The monoisotopic (exact) mass is 368 g/mol. The Morgan fingerprint density at radius 2 is 1.52 bits per heavy atom. The Labute approximate surface area is 158 Å². The minimum Gasteiger partial charge on any atom is -0.480 e. The first-order chi connectivity index (χ1) is 12.7. The molecule has 0 aliphatic heterocycles. The van der Waals surface area contributed by atoms with Crippen molar-refractivity contribution in [1.82, 2.24) is 10.2 Å². The van der Waals surface area contributed by atoms with Gasteiger partial charge in [-0.3, -0.25) is 9.59 Å². The number of aliphatic carboxylic acids is 1. The Kier molecular flexibility index (Phi) is 6.34. The topological polar surface area (TPSA) is 86.7 Å². The molecule has 0 radical (unpaired) electrons. The summed E-state index contributed by atoms with van der Waals surface area (Å²) in [5.41, 5.74) is -0.0800. The van der Waals surface area contributed by atoms with Crippen LogP contribution in [-0.4, -0.2) is 40.4 Å². The molecule has 1 unspecified atom stereocenters. The molecular formula is C21H24N2O4. The number of benzene rings is 2. The number of hydrogen-bond donors (Lipinski definition) is 2. The molecule has 142 valence electrons. The zero-order chi connectivity index (χ0) is 20.0. The summed E-state index contributed by atoms with van der Waals surface area (Å²) in [6.45, 7) is 2.93. The van der Waals surface area contributed by atoms with Crippen molar-refractivity contribution < 1.29 is 19.5 Å². The summed E-state index contributed by atoms with van der Waals surface area (Å²) in [5, 5.41) is 12.2. The zero-order valence-corrected chi connectivity index (χ0v) is 15.7. The lowest BCUT2D eigenvalue weighted by atomic mass is 9.99. The van der Waals surface area contributed by atoms with Crippen LogP contribution in [0.15, 0.2) is 60.7 Å². The maximum Gasteiger partial charge on any atom is 0.329 e. The van der Waals surface area contributed by atoms with E-state index in [0.717, 1.165) is 5.56 Å². The Balaban J connectivity index is 2.22. The van der Waals surface area contributed by atoms with Gasteiger partial charge in [0, 0.05) is 12.6 Å². The maximum atomic E-state index is 12.7. The molecule has 2 amide bonds. The molecule has 0 aliphatic rings. The van der Waals surface area contributed by atoms with Gasteiger partial charge in [0.25, 0.3) is 5.91 Å². The average molecular weight is 368 g/mol. The van der Waals surface area contributed by atoms with Crippen molar-refractivity contribution in [1.29, 1.82) is 0 Å². The molecule has 2 aromatic carbocycles. The summed E-state index contributed by atoms with van der Waals surface area (Å²) >= 11 is 0. The van der Waals surface area contributed by atoms with Crippen molar-refractivity contribution in [2.75, 3.05) is 7.05 Å². The van der Waals surface area contributed by atoms with Crippen molar-refractivity contribution in [3.63, 3.8) is 0 Å². The summed E-state index contributed by atoms with van der Waals surface area (Å²) in [4.78, 5) is 37.9. The number of nitrogens with one attached hydrogen (secondary N) is 1. The number of carboxylic acids is 1. The summed E-state index contributed by atoms with van der Waals surface area (Å²) in [7, 11) is 1.46. The largest absolute Gasteiger partial charge is 0.480 e. The molecule has 0 bridgehead atoms. The molecule has 0 saturated carbocycles. The van der Waals surface area contributed by atoms with Gasteiger partial charge in [-0.1, -0.05) is 48.5 Å². The highest BCUT2D eigenvalue weighted by Gasteiger charge is 2.36. The summed E-state index contributed by atoms with van der Waals surface area (Å²) in [6.07, 6.45) is -0.0458. The van der Waals surface area contributed by atoms with Gasteiger partial charge in [-0.2, -0.15) is 0 Å². The normalized spacial score (nSPS) is 12.1. The SMILES string of the molecule is CN(C(=O)CC(NC(=O)c1ccccc1)c1ccccc1)C(C)(C)C(=O)O. The van der Waals surface area contributed by atoms with Crippen LogP contribution in [0.2, 0.25) is 0 Å². The lowest BCUT2D eigenvalue weighted by Crippen LogP contribution is -2.51. The van der Waals surface area contributed by atoms with Gasteiger partial charge in [-0.05, 0) is 31.5 Å². The Bertz CT molecular complexity index is 803. The van der Waals surface area contributed by atoms with Crippen LogP contribution >= 0.6 is 0 Å². The van der Waals surface area contributed by atoms with Crippen molar-refractivity contribution in [2.45, 2.75) is 31.8 Å². The third kappa shape index (κ3) is 4.94. The van der Waals surface area contributed by atoms with Crippen molar-refractivity contribution >= 4 is 17.8 Å². The van der Waals surface area contributed by atoms with Gasteiger partial charge in [0.1, 0.15) is 5.54 Å². The molecule has 0 heterocycles. The number of carboxylic acid groups (broad SMARTS) is 1. The van der Waals surface area contributed by atoms with Gasteiger partial charge < -0.3 is 15.3 Å². The maximum absolute atomic E-state index is 12.7. The smallest absolute Gasteiger partial charge is 0.329 e. The third-order valence-electron chi connectivity index (χ3n) is 4.66. The molecule has 0 aromatic heterocycles. The molecule has 0 spiro atoms. The summed E-state index contributed by atoms with van der Waals surface area (Å²) in [6, 6.07) is 17.3. The van der Waals surface area contributed by atoms with E-state index in [9.17, 15) is 19.5 Å². The first-order valence-corrected chi connectivity index (χ1v) is 8.64. The van der Waals surface area contributed by atoms with E-state index in [1.807, 2.05) is 36.4 Å². The molecule has 2 N–H and O–H groups in total. The van der Waals surface area contributed by atoms with Gasteiger partial charge in [0.15, 0.2) is 0 Å². The highest BCUT2D eigenvalue weighted by molar-refractivity contribution is 5.95. The second-order valence-electron chi connectivity index (χ2n) is 6.82. The minimum atomic E-state index is -1.35. The van der Waals surface area contributed by atoms with Gasteiger partial charge in [-0.25, -0.2) is 4.79 Å². The lowest BCUT2D eigenvalue weighted by Gasteiger charge is -2.33. The predicted octanol–water partition coefficient (Wildman–Crippen LogP) is 2.87. The molecular weight excluding hydrogens is 344 g/mol. The molecule has 6 nitrogen and oxygen atoms in total. The predicted molar refractivity (Wildman–Crippen MR) is 102 cm³/mol. The van der Waals surface area contributed by atoms with Crippen LogP contribution in [0.25, 0.3) is 0 Å². The Hall–Kier alpha value is -3.15. The Morgan fingerprint density at radius 1 is 1.00 bits per heavy atom. The molecule has 2 aromatic rings. The van der Waals surface area contributed by atoms with Crippen LogP contribution in [0.4, 0.5) is 0 Å². The van der Waals surface area contributed by atoms with Crippen molar-refractivity contribution in [2.24, 2.45) is 0 Å². The molecule has 0 fully saturated rings. The Morgan fingerprint density at radius 3 is 2.04 bits per heavy atom. The number of amides is 2. The zero-order valence-electron chi connectivity index (χ0n) is 15.7. The molecule has 1 atom stereocenters. The number of rotatable bonds is 7. The van der Waals surface area contributed by atoms with Crippen LogP contribution in [0.3, 0.4) is 0 Å². The first kappa shape index (κ1) is 20.2. The summed E-state index contributed by atoms with van der Waals surface area (Å²) < 4.78 is 0. The number of hydrogen-bond acceptors (Lipinski definition) is 3. The van der Waals surface area contributed by atoms with E-state index in [2.05, 4.69) is 5.32 Å². The third-order valence-corrected chi connectivity index (χ3v) is 4.66. The number of carbonyl (C=O) groups is 3. The van der Waals surface area contributed by atoms with E-state index in [0.29, 0.717) is 5.56 Å². The summed E-state index contributed by atoms with van der Waals surface area (Å²) in [5.74, 6) is -1.76. The fraction of sp³-hybridized carbons (Fsp3) is 0.286. The molecule has 6 heteroatoms. The van der Waals surface area contributed by atoms with Gasteiger partial charge in [0.05, 0.1) is 12.5 Å². The average Bonchev–Trinajstić information content (AvgIpc) is 2.67. The van der Waals surface area contributed by atoms with Crippen LogP contribution < -0.4 is 5.32 Å². The van der Waals surface area contributed by atoms with Gasteiger partial charge >= 0.3 is 5.97 Å². The minimum absolute atomic E-state index is 0.0458. The quantitative estimate of drug-likeness (QED) is 0.787. The van der Waals surface area contributed by atoms with Crippen molar-refractivity contribution in [3.05, 3.63) is 71.8 Å². The van der Waals surface area contributed by atoms with Crippen LogP contribution in [0.1, 0.15) is 42.2 Å². The van der Waals surface area contributed by atoms with E-state index in [4.69, 9.17) is 0 Å². The van der Waals surface area contributed by atoms with Crippen LogP contribution in [0, 0.1) is 0 Å². The van der Waals surface area contributed by atoms with Crippen LogP contribution in [-0.2, 0) is 9.59 Å². The van der Waals surface area contributed by atoms with Crippen molar-refractivity contribution in [3.8, 4) is 0 Å². The fourth-order valence-corrected chi connectivity index (χ4v) is 2.54. The number of likely N-dealkylation sites (N-methyl/N-ethyl adjacent to an activating group) is 1. The molecule has 2 rings (SSSR count). The highest BCUT2D eigenvalue weighted by Crippen LogP contribution is 2.21. The fourth-order valence-electron chi connectivity index (χ4n) is 2.54. The molecule has 0 saturated heterocycles. The first-order valence-electron chi connectivity index (χ1n) is 8.64. The van der Waals surface area contributed by atoms with Gasteiger partial charge in [-0.15, -0.1) is 0 Å². The molecule has 0 aliphatic carbocycles. The van der Waals surface area contributed by atoms with E-state index < -0.39 is 17.6 Å². The molecule has 27 heavy (non-hydrogen) atoms. The standard InChI is InChI=1S/C21H24N2O4/c1-21(2,20(26)27)23(3)18(24)14-17(15-10-6-4-7-11-15)22-19(25)16-12-8-5-9-13-16/h4-13,17H,14H2,1-3H3,(H,22,25)(H,26,27). The van der Waals surface area contributed by atoms with Crippen LogP contribution in [0.5, 0.6) is 0 Å². The second kappa shape index (κ2) is 8.49. The lowest BCUT2D eigenvalue weighted by molar-refractivity contribution is -0.155. The number of nitrogens with zero attached hydrogens (tertiary/aromatic N) is 1. The second-order valence-corrected chi connectivity index (χ2v) is 6.82. The van der Waals surface area contributed by atoms with Gasteiger partial charge in [0.2, 0.25) is 5.91 Å². The van der Waals surface area contributed by atoms with E-state index in [1.165, 1.54) is 25.8 Å². The van der Waals surface area contributed by atoms with E-state index >= 15 is 0 Å². The highest BCUT2D eigenvalue weighted by atomic mass is 16.4. The van der Waals surface area contributed by atoms with E-state index in [-0.39, 0.29) is 18.2 Å².